The van der Waals surface area contributed by atoms with Crippen molar-refractivity contribution in [1.82, 2.24) is 10.2 Å². The average Bonchev–Trinajstić information content (AvgIpc) is 2.04. The largest absolute Gasteiger partial charge is 0.480 e. The van der Waals surface area contributed by atoms with Gasteiger partial charge in [0, 0.05) is 6.54 Å². The zero-order chi connectivity index (χ0) is 10.5. The lowest BCUT2D eigenvalue weighted by Gasteiger charge is -2.30. The van der Waals surface area contributed by atoms with Crippen molar-refractivity contribution in [2.24, 2.45) is 0 Å². The Hall–Kier alpha value is -0.610. The van der Waals surface area contributed by atoms with Crippen LogP contribution in [-0.2, 0) is 4.79 Å². The minimum atomic E-state index is -0.834. The number of carboxylic acids is 1. The first-order valence-electron chi connectivity index (χ1n) is 4.63. The van der Waals surface area contributed by atoms with Gasteiger partial charge in [-0.05, 0) is 27.1 Å². The standard InChI is InChI=1S/C9H20N2O2/c1-5-10-9(3,8(12)13)7-11(4)6-2/h10H,5-7H2,1-4H3,(H,12,13). The predicted molar refractivity (Wildman–Crippen MR) is 52.9 cm³/mol. The van der Waals surface area contributed by atoms with Gasteiger partial charge >= 0.3 is 5.97 Å². The number of rotatable bonds is 6. The lowest BCUT2D eigenvalue weighted by atomic mass is 10.0. The van der Waals surface area contributed by atoms with Crippen molar-refractivity contribution in [3.63, 3.8) is 0 Å². The molecule has 1 atom stereocenters. The summed E-state index contributed by atoms with van der Waals surface area (Å²) in [6, 6.07) is 0. The van der Waals surface area contributed by atoms with Crippen LogP contribution in [-0.4, -0.2) is 48.2 Å². The second kappa shape index (κ2) is 5.19. The molecule has 0 aromatic heterocycles. The van der Waals surface area contributed by atoms with Crippen molar-refractivity contribution >= 4 is 5.97 Å². The van der Waals surface area contributed by atoms with E-state index in [-0.39, 0.29) is 0 Å². The lowest BCUT2D eigenvalue weighted by molar-refractivity contribution is -0.144. The second-order valence-electron chi connectivity index (χ2n) is 3.50. The van der Waals surface area contributed by atoms with Crippen LogP contribution in [0.4, 0.5) is 0 Å². The van der Waals surface area contributed by atoms with E-state index in [9.17, 15) is 4.79 Å². The Balaban J connectivity index is 4.32. The second-order valence-corrected chi connectivity index (χ2v) is 3.50. The van der Waals surface area contributed by atoms with Gasteiger partial charge in [0.15, 0.2) is 0 Å². The van der Waals surface area contributed by atoms with Gasteiger partial charge in [0.05, 0.1) is 0 Å². The highest BCUT2D eigenvalue weighted by Gasteiger charge is 2.32. The molecule has 0 fully saturated rings. The summed E-state index contributed by atoms with van der Waals surface area (Å²) in [5.74, 6) is -0.797. The number of hydrogen-bond donors (Lipinski definition) is 2. The van der Waals surface area contributed by atoms with Crippen LogP contribution in [0.1, 0.15) is 20.8 Å². The number of likely N-dealkylation sites (N-methyl/N-ethyl adjacent to an activating group) is 2. The van der Waals surface area contributed by atoms with E-state index in [1.807, 2.05) is 25.8 Å². The summed E-state index contributed by atoms with van der Waals surface area (Å²) in [7, 11) is 1.92. The highest BCUT2D eigenvalue weighted by Crippen LogP contribution is 2.05. The summed E-state index contributed by atoms with van der Waals surface area (Å²) in [6.07, 6.45) is 0. The van der Waals surface area contributed by atoms with Crippen LogP contribution in [0.15, 0.2) is 0 Å². The SMILES string of the molecule is CCNC(C)(CN(C)CC)C(=O)O. The Kier molecular flexibility index (Phi) is 4.95. The van der Waals surface area contributed by atoms with Gasteiger partial charge in [0.25, 0.3) is 0 Å². The molecule has 0 aromatic rings. The summed E-state index contributed by atoms with van der Waals surface area (Å²) < 4.78 is 0. The van der Waals surface area contributed by atoms with E-state index in [1.54, 1.807) is 6.92 Å². The molecule has 0 saturated carbocycles. The van der Waals surface area contributed by atoms with Crippen LogP contribution in [0.2, 0.25) is 0 Å². The van der Waals surface area contributed by atoms with Crippen molar-refractivity contribution in [1.29, 1.82) is 0 Å². The van der Waals surface area contributed by atoms with Crippen LogP contribution >= 0.6 is 0 Å². The van der Waals surface area contributed by atoms with Crippen molar-refractivity contribution in [3.8, 4) is 0 Å². The molecule has 4 heteroatoms. The fourth-order valence-corrected chi connectivity index (χ4v) is 1.24. The molecule has 0 bridgehead atoms. The molecule has 0 aliphatic rings. The molecule has 0 rings (SSSR count). The molecular weight excluding hydrogens is 168 g/mol. The maximum absolute atomic E-state index is 11.0. The molecule has 78 valence electrons. The molecule has 1 unspecified atom stereocenters. The third-order valence-corrected chi connectivity index (χ3v) is 2.16. The number of nitrogens with one attached hydrogen (secondary N) is 1. The highest BCUT2D eigenvalue weighted by molar-refractivity contribution is 5.78. The number of carbonyl (C=O) groups is 1. The number of aliphatic carboxylic acids is 1. The van der Waals surface area contributed by atoms with Crippen molar-refractivity contribution in [3.05, 3.63) is 0 Å². The Bertz CT molecular complexity index is 173. The molecule has 0 heterocycles. The Morgan fingerprint density at radius 2 is 2.08 bits per heavy atom. The van der Waals surface area contributed by atoms with Gasteiger partial charge in [-0.25, -0.2) is 0 Å². The highest BCUT2D eigenvalue weighted by atomic mass is 16.4. The van der Waals surface area contributed by atoms with Crippen molar-refractivity contribution in [2.75, 3.05) is 26.7 Å². The fourth-order valence-electron chi connectivity index (χ4n) is 1.24. The van der Waals surface area contributed by atoms with E-state index in [1.165, 1.54) is 0 Å². The monoisotopic (exact) mass is 188 g/mol. The Morgan fingerprint density at radius 3 is 2.38 bits per heavy atom. The average molecular weight is 188 g/mol. The maximum atomic E-state index is 11.0. The molecule has 0 spiro atoms. The number of nitrogens with zero attached hydrogens (tertiary/aromatic N) is 1. The minimum absolute atomic E-state index is 0.521. The summed E-state index contributed by atoms with van der Waals surface area (Å²) in [5.41, 5.74) is -0.834. The molecule has 2 N–H and O–H groups in total. The van der Waals surface area contributed by atoms with Crippen LogP contribution in [0, 0.1) is 0 Å². The maximum Gasteiger partial charge on any atom is 0.324 e. The molecule has 4 nitrogen and oxygen atoms in total. The van der Waals surface area contributed by atoms with Gasteiger partial charge in [-0.15, -0.1) is 0 Å². The van der Waals surface area contributed by atoms with Crippen molar-refractivity contribution in [2.45, 2.75) is 26.3 Å². The molecule has 0 radical (unpaired) electrons. The van der Waals surface area contributed by atoms with E-state index in [0.29, 0.717) is 13.1 Å². The summed E-state index contributed by atoms with van der Waals surface area (Å²) >= 11 is 0. The molecule has 0 saturated heterocycles. The lowest BCUT2D eigenvalue weighted by Crippen LogP contribution is -2.56. The van der Waals surface area contributed by atoms with Crippen LogP contribution in [0.25, 0.3) is 0 Å². The van der Waals surface area contributed by atoms with Gasteiger partial charge in [-0.3, -0.25) is 4.79 Å². The first-order valence-corrected chi connectivity index (χ1v) is 4.63. The van der Waals surface area contributed by atoms with Gasteiger partial charge in [-0.2, -0.15) is 0 Å². The summed E-state index contributed by atoms with van der Waals surface area (Å²) in [5, 5.41) is 12.0. The van der Waals surface area contributed by atoms with E-state index >= 15 is 0 Å². The quantitative estimate of drug-likeness (QED) is 0.633. The van der Waals surface area contributed by atoms with Crippen molar-refractivity contribution < 1.29 is 9.90 Å². The number of carboxylic acid groups (broad SMARTS) is 1. The van der Waals surface area contributed by atoms with E-state index in [2.05, 4.69) is 5.32 Å². The molecule has 0 aliphatic heterocycles. The Labute approximate surface area is 79.9 Å². The summed E-state index contributed by atoms with van der Waals surface area (Å²) in [6.45, 7) is 7.67. The minimum Gasteiger partial charge on any atom is -0.480 e. The zero-order valence-corrected chi connectivity index (χ0v) is 8.92. The number of hydrogen-bond acceptors (Lipinski definition) is 3. The molecule has 0 amide bonds. The van der Waals surface area contributed by atoms with Gasteiger partial charge < -0.3 is 15.3 Å². The van der Waals surface area contributed by atoms with E-state index < -0.39 is 11.5 Å². The molecular formula is C9H20N2O2. The van der Waals surface area contributed by atoms with Crippen LogP contribution in [0.5, 0.6) is 0 Å². The van der Waals surface area contributed by atoms with Crippen LogP contribution in [0.3, 0.4) is 0 Å². The topological polar surface area (TPSA) is 52.6 Å². The zero-order valence-electron chi connectivity index (χ0n) is 8.92. The summed E-state index contributed by atoms with van der Waals surface area (Å²) in [4.78, 5) is 13.0. The Morgan fingerprint density at radius 1 is 1.54 bits per heavy atom. The third kappa shape index (κ3) is 3.74. The first-order chi connectivity index (χ1) is 5.96. The predicted octanol–water partition coefficient (Wildman–Crippen LogP) is 0.391. The third-order valence-electron chi connectivity index (χ3n) is 2.16. The van der Waals surface area contributed by atoms with Crippen LogP contribution < -0.4 is 5.32 Å². The van der Waals surface area contributed by atoms with Gasteiger partial charge in [0.1, 0.15) is 5.54 Å². The smallest absolute Gasteiger partial charge is 0.324 e. The normalized spacial score (nSPS) is 15.8. The van der Waals surface area contributed by atoms with E-state index in [0.717, 1.165) is 6.54 Å². The first kappa shape index (κ1) is 12.4. The fraction of sp³-hybridized carbons (Fsp3) is 0.889. The molecule has 13 heavy (non-hydrogen) atoms. The van der Waals surface area contributed by atoms with E-state index in [4.69, 9.17) is 5.11 Å². The molecule has 0 aliphatic carbocycles. The molecule has 0 aromatic carbocycles. The van der Waals surface area contributed by atoms with Gasteiger partial charge in [-0.1, -0.05) is 13.8 Å². The van der Waals surface area contributed by atoms with Gasteiger partial charge in [0.2, 0.25) is 0 Å².